The minimum Gasteiger partial charge on any atom is -0.327 e. The normalized spacial score (nSPS) is 12.2. The number of anilines is 1. The fourth-order valence-electron chi connectivity index (χ4n) is 1.33. The zero-order valence-corrected chi connectivity index (χ0v) is 10.3. The molecule has 3 nitrogen and oxygen atoms in total. The number of amides is 1. The lowest BCUT2D eigenvalue weighted by molar-refractivity contribution is -0.116. The highest BCUT2D eigenvalue weighted by Gasteiger charge is 2.09. The summed E-state index contributed by atoms with van der Waals surface area (Å²) < 4.78 is 0. The Bertz CT molecular complexity index is 379. The van der Waals surface area contributed by atoms with Gasteiger partial charge in [-0.05, 0) is 31.0 Å². The van der Waals surface area contributed by atoms with Gasteiger partial charge in [0.05, 0.1) is 0 Å². The summed E-state index contributed by atoms with van der Waals surface area (Å²) in [5.41, 5.74) is 7.34. The van der Waals surface area contributed by atoms with E-state index >= 15 is 0 Å². The monoisotopic (exact) mass is 240 g/mol. The molecule has 0 saturated heterocycles. The Morgan fingerprint density at radius 3 is 2.88 bits per heavy atom. The maximum atomic E-state index is 11.6. The first-order valence-electron chi connectivity index (χ1n) is 5.35. The van der Waals surface area contributed by atoms with Crippen molar-refractivity contribution >= 4 is 23.2 Å². The number of carbonyl (C=O) groups excluding carboxylic acids is 1. The number of nitrogens with two attached hydrogens (primary N) is 1. The lowest BCUT2D eigenvalue weighted by Gasteiger charge is -2.11. The van der Waals surface area contributed by atoms with Gasteiger partial charge in [-0.3, -0.25) is 4.79 Å². The molecule has 16 heavy (non-hydrogen) atoms. The molecule has 0 aliphatic carbocycles. The first kappa shape index (κ1) is 13.0. The summed E-state index contributed by atoms with van der Waals surface area (Å²) in [6.45, 7) is 3.83. The van der Waals surface area contributed by atoms with Gasteiger partial charge in [0.1, 0.15) is 0 Å². The zero-order valence-electron chi connectivity index (χ0n) is 9.59. The van der Waals surface area contributed by atoms with E-state index in [9.17, 15) is 4.79 Å². The van der Waals surface area contributed by atoms with Crippen LogP contribution in [0.3, 0.4) is 0 Å². The van der Waals surface area contributed by atoms with Gasteiger partial charge in [0.15, 0.2) is 0 Å². The van der Waals surface area contributed by atoms with Crippen molar-refractivity contribution in [2.75, 3.05) is 5.32 Å². The Kier molecular flexibility index (Phi) is 4.77. The van der Waals surface area contributed by atoms with Crippen LogP contribution in [0.15, 0.2) is 18.2 Å². The van der Waals surface area contributed by atoms with E-state index in [1.54, 1.807) is 6.07 Å². The second-order valence-corrected chi connectivity index (χ2v) is 4.24. The number of nitrogens with one attached hydrogen (secondary N) is 1. The average Bonchev–Trinajstić information content (AvgIpc) is 2.24. The van der Waals surface area contributed by atoms with Gasteiger partial charge in [0.2, 0.25) is 5.91 Å². The van der Waals surface area contributed by atoms with Crippen LogP contribution in [0.4, 0.5) is 5.69 Å². The second kappa shape index (κ2) is 5.87. The lowest BCUT2D eigenvalue weighted by Crippen LogP contribution is -2.26. The molecule has 0 aliphatic rings. The Hall–Kier alpha value is -1.06. The molecule has 1 aromatic rings. The van der Waals surface area contributed by atoms with E-state index in [4.69, 9.17) is 17.3 Å². The first-order chi connectivity index (χ1) is 7.54. The molecule has 1 rings (SSSR count). The maximum absolute atomic E-state index is 11.6. The van der Waals surface area contributed by atoms with Crippen molar-refractivity contribution in [1.29, 1.82) is 0 Å². The molecule has 0 aromatic heterocycles. The highest BCUT2D eigenvalue weighted by atomic mass is 35.5. The molecular weight excluding hydrogens is 224 g/mol. The van der Waals surface area contributed by atoms with Crippen molar-refractivity contribution in [2.24, 2.45) is 5.73 Å². The highest BCUT2D eigenvalue weighted by molar-refractivity contribution is 6.31. The summed E-state index contributed by atoms with van der Waals surface area (Å²) in [5.74, 6) is -0.0697. The van der Waals surface area contributed by atoms with E-state index in [0.29, 0.717) is 11.4 Å². The zero-order chi connectivity index (χ0) is 12.1. The first-order valence-corrected chi connectivity index (χ1v) is 5.73. The molecule has 0 spiro atoms. The van der Waals surface area contributed by atoms with E-state index in [1.165, 1.54) is 0 Å². The Balaban J connectivity index is 2.66. The van der Waals surface area contributed by atoms with Gasteiger partial charge in [0, 0.05) is 23.2 Å². The number of carbonyl (C=O) groups is 1. The van der Waals surface area contributed by atoms with Crippen LogP contribution in [0.5, 0.6) is 0 Å². The van der Waals surface area contributed by atoms with Crippen LogP contribution in [-0.4, -0.2) is 11.9 Å². The van der Waals surface area contributed by atoms with Gasteiger partial charge >= 0.3 is 0 Å². The lowest BCUT2D eigenvalue weighted by atomic mass is 10.1. The van der Waals surface area contributed by atoms with E-state index in [1.807, 2.05) is 26.0 Å². The molecule has 4 heteroatoms. The average molecular weight is 241 g/mol. The summed E-state index contributed by atoms with van der Waals surface area (Å²) in [7, 11) is 0. The van der Waals surface area contributed by atoms with Gasteiger partial charge < -0.3 is 11.1 Å². The number of halogens is 1. The van der Waals surface area contributed by atoms with Crippen LogP contribution in [0.25, 0.3) is 0 Å². The fraction of sp³-hybridized carbons (Fsp3) is 0.417. The molecule has 0 fully saturated rings. The minimum absolute atomic E-state index is 0.0697. The van der Waals surface area contributed by atoms with Crippen molar-refractivity contribution in [3.05, 3.63) is 28.8 Å². The molecule has 1 unspecified atom stereocenters. The molecule has 1 atom stereocenters. The predicted molar refractivity (Wildman–Crippen MR) is 67.7 cm³/mol. The third kappa shape index (κ3) is 3.51. The van der Waals surface area contributed by atoms with Gasteiger partial charge in [-0.2, -0.15) is 0 Å². The maximum Gasteiger partial charge on any atom is 0.225 e. The molecule has 0 saturated carbocycles. The van der Waals surface area contributed by atoms with Gasteiger partial charge in [-0.25, -0.2) is 0 Å². The summed E-state index contributed by atoms with van der Waals surface area (Å²) in [4.78, 5) is 11.6. The summed E-state index contributed by atoms with van der Waals surface area (Å²) in [6, 6.07) is 5.35. The van der Waals surface area contributed by atoms with Crippen molar-refractivity contribution in [2.45, 2.75) is 32.7 Å². The molecule has 0 radical (unpaired) electrons. The fourth-order valence-corrected chi connectivity index (χ4v) is 1.50. The molecule has 0 heterocycles. The molecule has 1 aromatic carbocycles. The Labute approximate surface area is 101 Å². The van der Waals surface area contributed by atoms with Crippen molar-refractivity contribution in [3.63, 3.8) is 0 Å². The van der Waals surface area contributed by atoms with Crippen LogP contribution in [0.2, 0.25) is 5.02 Å². The summed E-state index contributed by atoms with van der Waals surface area (Å²) in [5, 5.41) is 3.46. The number of hydrogen-bond donors (Lipinski definition) is 2. The highest BCUT2D eigenvalue weighted by Crippen LogP contribution is 2.23. The van der Waals surface area contributed by atoms with Crippen LogP contribution in [0.1, 0.15) is 25.3 Å². The molecule has 1 amide bonds. The smallest absolute Gasteiger partial charge is 0.225 e. The Morgan fingerprint density at radius 2 is 2.25 bits per heavy atom. The van der Waals surface area contributed by atoms with Crippen molar-refractivity contribution < 1.29 is 4.79 Å². The van der Waals surface area contributed by atoms with Gasteiger partial charge in [-0.1, -0.05) is 24.6 Å². The van der Waals surface area contributed by atoms with Crippen LogP contribution < -0.4 is 11.1 Å². The molecule has 3 N–H and O–H groups in total. The largest absolute Gasteiger partial charge is 0.327 e. The predicted octanol–water partition coefficient (Wildman–Crippen LogP) is 2.71. The number of benzene rings is 1. The summed E-state index contributed by atoms with van der Waals surface area (Å²) >= 11 is 5.95. The van der Waals surface area contributed by atoms with E-state index in [0.717, 1.165) is 17.7 Å². The molecule has 0 aliphatic heterocycles. The van der Waals surface area contributed by atoms with Gasteiger partial charge in [0.25, 0.3) is 0 Å². The molecule has 0 bridgehead atoms. The topological polar surface area (TPSA) is 55.1 Å². The van der Waals surface area contributed by atoms with E-state index in [-0.39, 0.29) is 11.9 Å². The third-order valence-corrected chi connectivity index (χ3v) is 2.92. The summed E-state index contributed by atoms with van der Waals surface area (Å²) in [6.07, 6.45) is 1.13. The van der Waals surface area contributed by atoms with Crippen molar-refractivity contribution in [1.82, 2.24) is 0 Å². The standard InChI is InChI=1S/C12H17ClN2O/c1-3-9(14)7-12(16)15-11-6-4-5-10(13)8(11)2/h4-6,9H,3,7,14H2,1-2H3,(H,15,16). The quantitative estimate of drug-likeness (QED) is 0.850. The number of rotatable bonds is 4. The van der Waals surface area contributed by atoms with E-state index in [2.05, 4.69) is 5.32 Å². The number of hydrogen-bond acceptors (Lipinski definition) is 2. The minimum atomic E-state index is -0.0838. The third-order valence-electron chi connectivity index (χ3n) is 2.51. The van der Waals surface area contributed by atoms with Crippen LogP contribution >= 0.6 is 11.6 Å². The second-order valence-electron chi connectivity index (χ2n) is 3.83. The molecule has 88 valence electrons. The van der Waals surface area contributed by atoms with Gasteiger partial charge in [-0.15, -0.1) is 0 Å². The van der Waals surface area contributed by atoms with Crippen LogP contribution in [-0.2, 0) is 4.79 Å². The van der Waals surface area contributed by atoms with Crippen LogP contribution in [0, 0.1) is 6.92 Å². The van der Waals surface area contributed by atoms with Crippen molar-refractivity contribution in [3.8, 4) is 0 Å². The van der Waals surface area contributed by atoms with E-state index < -0.39 is 0 Å². The SMILES string of the molecule is CCC(N)CC(=O)Nc1cccc(Cl)c1C. The Morgan fingerprint density at radius 1 is 1.56 bits per heavy atom. The molecular formula is C12H17ClN2O.